The monoisotopic (exact) mass is 482 g/mol. The quantitative estimate of drug-likeness (QED) is 0.281. The van der Waals surface area contributed by atoms with E-state index in [1.54, 1.807) is 20.8 Å². The molecule has 1 aromatic carbocycles. The number of carbonyl (C=O) groups excluding carboxylic acids is 2. The maximum Gasteiger partial charge on any atom is 0.355 e. The van der Waals surface area contributed by atoms with Gasteiger partial charge in [-0.15, -0.1) is 0 Å². The molecule has 0 fully saturated rings. The van der Waals surface area contributed by atoms with Gasteiger partial charge in [-0.2, -0.15) is 4.31 Å². The molecule has 182 valence electrons. The van der Waals surface area contributed by atoms with Crippen LogP contribution in [-0.4, -0.2) is 61.9 Å². The van der Waals surface area contributed by atoms with Gasteiger partial charge in [-0.3, -0.25) is 4.79 Å². The first kappa shape index (κ1) is 26.7. The number of nitrogens with zero attached hydrogens (tertiary/aromatic N) is 1. The van der Waals surface area contributed by atoms with Crippen molar-refractivity contribution in [2.45, 2.75) is 52.0 Å². The van der Waals surface area contributed by atoms with Crippen LogP contribution in [0.2, 0.25) is 0 Å². The minimum atomic E-state index is -4.11. The number of ether oxygens (including phenoxy) is 2. The Labute approximate surface area is 194 Å². The Balaban J connectivity index is 2.44. The van der Waals surface area contributed by atoms with Crippen molar-refractivity contribution >= 4 is 21.8 Å². The van der Waals surface area contributed by atoms with Crippen LogP contribution < -0.4 is 0 Å². The molecule has 0 amide bonds. The zero-order valence-electron chi connectivity index (χ0n) is 19.6. The molecule has 10 heteroatoms. The lowest BCUT2D eigenvalue weighted by Crippen LogP contribution is -2.44. The van der Waals surface area contributed by atoms with Crippen molar-refractivity contribution in [1.29, 1.82) is 0 Å². The average Bonchev–Trinajstić information content (AvgIpc) is 3.07. The zero-order chi connectivity index (χ0) is 24.8. The summed E-state index contributed by atoms with van der Waals surface area (Å²) in [5.74, 6) is -1.61. The summed E-state index contributed by atoms with van der Waals surface area (Å²) in [7, 11) is -4.11. The summed E-state index contributed by atoms with van der Waals surface area (Å²) in [6.45, 7) is 9.28. The molecule has 0 spiro atoms. The molecule has 0 aliphatic rings. The maximum atomic E-state index is 13.5. The first-order valence-corrected chi connectivity index (χ1v) is 12.3. The third-order valence-electron chi connectivity index (χ3n) is 5.27. The van der Waals surface area contributed by atoms with E-state index in [1.165, 1.54) is 19.1 Å². The first-order chi connectivity index (χ1) is 15.6. The van der Waals surface area contributed by atoms with E-state index in [2.05, 4.69) is 4.98 Å². The van der Waals surface area contributed by atoms with E-state index in [1.807, 2.05) is 6.92 Å². The van der Waals surface area contributed by atoms with Crippen LogP contribution in [0.4, 0.5) is 4.39 Å². The first-order valence-electron chi connectivity index (χ1n) is 10.8. The molecule has 1 N–H and O–H groups in total. The highest BCUT2D eigenvalue weighted by Crippen LogP contribution is 2.25. The molecule has 1 unspecified atom stereocenters. The average molecular weight is 483 g/mol. The molecule has 1 atom stereocenters. The summed E-state index contributed by atoms with van der Waals surface area (Å²) in [5, 5.41) is 0. The fourth-order valence-electron chi connectivity index (χ4n) is 3.60. The molecule has 0 saturated heterocycles. The van der Waals surface area contributed by atoms with Gasteiger partial charge in [0, 0.05) is 31.0 Å². The number of H-pyrrole nitrogens is 1. The molecule has 0 saturated carbocycles. The van der Waals surface area contributed by atoms with Crippen molar-refractivity contribution in [3.05, 3.63) is 52.6 Å². The van der Waals surface area contributed by atoms with E-state index in [-0.39, 0.29) is 29.3 Å². The van der Waals surface area contributed by atoms with E-state index in [4.69, 9.17) is 9.47 Å². The SMILES string of the molecule is CCOCCCN(C(C)C(=O)c1c(C)[nH]c(C(=O)OCC)c1C)S(=O)(=O)c1ccc(F)cc1. The molecule has 0 radical (unpaired) electrons. The summed E-state index contributed by atoms with van der Waals surface area (Å²) in [6, 6.07) is 3.38. The van der Waals surface area contributed by atoms with Gasteiger partial charge in [0.1, 0.15) is 11.5 Å². The Morgan fingerprint density at radius 1 is 1.12 bits per heavy atom. The van der Waals surface area contributed by atoms with Gasteiger partial charge in [-0.25, -0.2) is 17.6 Å². The predicted octanol–water partition coefficient (Wildman–Crippen LogP) is 3.64. The number of aryl methyl sites for hydroxylation is 1. The zero-order valence-corrected chi connectivity index (χ0v) is 20.4. The van der Waals surface area contributed by atoms with Crippen LogP contribution in [-0.2, 0) is 19.5 Å². The molecule has 0 bridgehead atoms. The summed E-state index contributed by atoms with van der Waals surface area (Å²) in [6.07, 6.45) is 0.366. The number of ketones is 1. The molecular formula is C23H31FN2O6S. The van der Waals surface area contributed by atoms with Crippen molar-refractivity contribution in [1.82, 2.24) is 9.29 Å². The van der Waals surface area contributed by atoms with Crippen LogP contribution in [0.1, 0.15) is 59.3 Å². The van der Waals surface area contributed by atoms with Crippen LogP contribution in [0.15, 0.2) is 29.2 Å². The number of Topliss-reactive ketones (excluding diaryl/α,β-unsaturated/α-hetero) is 1. The number of hydrogen-bond donors (Lipinski definition) is 1. The van der Waals surface area contributed by atoms with E-state index in [0.717, 1.165) is 16.4 Å². The van der Waals surface area contributed by atoms with Gasteiger partial charge < -0.3 is 14.5 Å². The second-order valence-electron chi connectivity index (χ2n) is 7.51. The Hall–Kier alpha value is -2.56. The number of carbonyl (C=O) groups is 2. The fourth-order valence-corrected chi connectivity index (χ4v) is 5.23. The minimum absolute atomic E-state index is 0.0276. The lowest BCUT2D eigenvalue weighted by molar-refractivity contribution is 0.0519. The molecule has 1 aromatic heterocycles. The second-order valence-corrected chi connectivity index (χ2v) is 9.40. The van der Waals surface area contributed by atoms with Crippen LogP contribution in [0.3, 0.4) is 0 Å². The van der Waals surface area contributed by atoms with Crippen LogP contribution in [0.5, 0.6) is 0 Å². The van der Waals surface area contributed by atoms with E-state index >= 15 is 0 Å². The number of halogens is 1. The number of nitrogens with one attached hydrogen (secondary N) is 1. The van der Waals surface area contributed by atoms with Gasteiger partial charge in [0.15, 0.2) is 5.78 Å². The molecule has 8 nitrogen and oxygen atoms in total. The van der Waals surface area contributed by atoms with Gasteiger partial charge in [-0.05, 0) is 70.9 Å². The highest BCUT2D eigenvalue weighted by molar-refractivity contribution is 7.89. The van der Waals surface area contributed by atoms with Gasteiger partial charge in [0.2, 0.25) is 10.0 Å². The maximum absolute atomic E-state index is 13.5. The molecule has 33 heavy (non-hydrogen) atoms. The van der Waals surface area contributed by atoms with Gasteiger partial charge >= 0.3 is 5.97 Å². The topological polar surface area (TPSA) is 106 Å². The van der Waals surface area contributed by atoms with Crippen molar-refractivity contribution in [3.8, 4) is 0 Å². The lowest BCUT2D eigenvalue weighted by Gasteiger charge is -2.28. The molecule has 1 heterocycles. The van der Waals surface area contributed by atoms with E-state index < -0.39 is 33.6 Å². The number of aromatic amines is 1. The van der Waals surface area contributed by atoms with Crippen molar-refractivity contribution < 1.29 is 31.9 Å². The molecule has 0 aliphatic heterocycles. The van der Waals surface area contributed by atoms with Crippen LogP contribution >= 0.6 is 0 Å². The smallest absolute Gasteiger partial charge is 0.355 e. The predicted molar refractivity (Wildman–Crippen MR) is 121 cm³/mol. The third-order valence-corrected chi connectivity index (χ3v) is 7.25. The van der Waals surface area contributed by atoms with Gasteiger partial charge in [0.05, 0.1) is 17.5 Å². The van der Waals surface area contributed by atoms with Crippen LogP contribution in [0, 0.1) is 19.7 Å². The van der Waals surface area contributed by atoms with Gasteiger partial charge in [0.25, 0.3) is 0 Å². The number of sulfonamides is 1. The van der Waals surface area contributed by atoms with E-state index in [0.29, 0.717) is 30.9 Å². The standard InChI is InChI=1S/C23H31FN2O6S/c1-6-31-14-8-13-26(33(29,30)19-11-9-18(24)10-12-19)17(5)22(27)20-15(3)21(25-16(20)4)23(28)32-7-2/h9-12,17,25H,6-8,13-14H2,1-5H3. The number of aromatic nitrogens is 1. The summed E-state index contributed by atoms with van der Waals surface area (Å²) in [4.78, 5) is 28.5. The van der Waals surface area contributed by atoms with Crippen molar-refractivity contribution in [3.63, 3.8) is 0 Å². The molecule has 2 aromatic rings. The van der Waals surface area contributed by atoms with Crippen molar-refractivity contribution in [2.75, 3.05) is 26.4 Å². The molecule has 0 aliphatic carbocycles. The van der Waals surface area contributed by atoms with Crippen molar-refractivity contribution in [2.24, 2.45) is 0 Å². The Morgan fingerprint density at radius 2 is 1.76 bits per heavy atom. The lowest BCUT2D eigenvalue weighted by atomic mass is 10.0. The Bertz CT molecular complexity index is 1080. The number of esters is 1. The second kappa shape index (κ2) is 11.5. The Morgan fingerprint density at radius 3 is 2.33 bits per heavy atom. The highest BCUT2D eigenvalue weighted by atomic mass is 32.2. The van der Waals surface area contributed by atoms with Gasteiger partial charge in [-0.1, -0.05) is 0 Å². The number of benzene rings is 1. The summed E-state index contributed by atoms with van der Waals surface area (Å²) >= 11 is 0. The fraction of sp³-hybridized carbons (Fsp3) is 0.478. The highest BCUT2D eigenvalue weighted by Gasteiger charge is 2.35. The molecule has 2 rings (SSSR count). The van der Waals surface area contributed by atoms with E-state index in [9.17, 15) is 22.4 Å². The van der Waals surface area contributed by atoms with Crippen LogP contribution in [0.25, 0.3) is 0 Å². The minimum Gasteiger partial charge on any atom is -0.461 e. The summed E-state index contributed by atoms with van der Waals surface area (Å²) in [5.41, 5.74) is 1.25. The Kier molecular flexibility index (Phi) is 9.33. The number of hydrogen-bond acceptors (Lipinski definition) is 6. The number of rotatable bonds is 12. The normalized spacial score (nSPS) is 12.7. The molecular weight excluding hydrogens is 451 g/mol. The third kappa shape index (κ3) is 6.07. The largest absolute Gasteiger partial charge is 0.461 e. The summed E-state index contributed by atoms with van der Waals surface area (Å²) < 4.78 is 51.6.